The van der Waals surface area contributed by atoms with Gasteiger partial charge in [0, 0.05) is 12.8 Å². The van der Waals surface area contributed by atoms with E-state index in [0.29, 0.717) is 19.4 Å². The van der Waals surface area contributed by atoms with E-state index in [1.807, 2.05) is 0 Å². The van der Waals surface area contributed by atoms with Crippen LogP contribution in [0.4, 0.5) is 0 Å². The zero-order valence-corrected chi connectivity index (χ0v) is 20.9. The minimum absolute atomic E-state index is 0.0130. The number of hydrogen-bond acceptors (Lipinski definition) is 8. The minimum atomic E-state index is -1.58. The van der Waals surface area contributed by atoms with E-state index >= 15 is 0 Å². The summed E-state index contributed by atoms with van der Waals surface area (Å²) in [5.74, 6) is -4.24. The van der Waals surface area contributed by atoms with Crippen molar-refractivity contribution in [2.45, 2.75) is 75.7 Å². The molecule has 0 aromatic heterocycles. The second kappa shape index (κ2) is 16.2. The van der Waals surface area contributed by atoms with Gasteiger partial charge in [0.2, 0.25) is 23.6 Å². The molecule has 5 atom stereocenters. The standard InChI is InChI=1S/C24H38N6O7/c1-14(31)20(24(36)37)30-22(34)17(9-5-6-12-25)28-23(35)18(13-15-7-3-2-4-8-15)29-21(33)16(26)10-11-19(27)32/h2-4,7-8,14,16-18,20,31H,5-6,9-13,25-26H2,1H3,(H2,27,32)(H,28,35)(H,29,33)(H,30,34)(H,36,37). The smallest absolute Gasteiger partial charge is 0.328 e. The van der Waals surface area contributed by atoms with Crippen molar-refractivity contribution in [1.29, 1.82) is 0 Å². The number of amides is 4. The molecule has 0 bridgehead atoms. The second-order valence-corrected chi connectivity index (χ2v) is 8.77. The molecule has 0 heterocycles. The summed E-state index contributed by atoms with van der Waals surface area (Å²) in [6.45, 7) is 1.57. The fourth-order valence-corrected chi connectivity index (χ4v) is 3.44. The van der Waals surface area contributed by atoms with E-state index in [4.69, 9.17) is 17.2 Å². The quantitative estimate of drug-likeness (QED) is 0.104. The molecular formula is C24H38N6O7. The van der Waals surface area contributed by atoms with Gasteiger partial charge in [0.25, 0.3) is 0 Å². The molecule has 0 radical (unpaired) electrons. The number of nitrogens with two attached hydrogens (primary N) is 3. The Kier molecular flexibility index (Phi) is 13.8. The summed E-state index contributed by atoms with van der Waals surface area (Å²) < 4.78 is 0. The van der Waals surface area contributed by atoms with Gasteiger partial charge in [0.1, 0.15) is 12.1 Å². The number of carboxylic acids is 1. The first kappa shape index (κ1) is 31.5. The first-order valence-corrected chi connectivity index (χ1v) is 12.1. The highest BCUT2D eigenvalue weighted by Crippen LogP contribution is 2.08. The highest BCUT2D eigenvalue weighted by atomic mass is 16.4. The molecule has 1 aromatic rings. The molecule has 5 unspecified atom stereocenters. The second-order valence-electron chi connectivity index (χ2n) is 8.77. The van der Waals surface area contributed by atoms with Crippen LogP contribution in [0, 0.1) is 0 Å². The van der Waals surface area contributed by atoms with Crippen molar-refractivity contribution in [2.75, 3.05) is 6.54 Å². The lowest BCUT2D eigenvalue weighted by atomic mass is 10.0. The van der Waals surface area contributed by atoms with Crippen molar-refractivity contribution < 1.29 is 34.2 Å². The zero-order chi connectivity index (χ0) is 28.0. The molecule has 1 aromatic carbocycles. The Morgan fingerprint density at radius 2 is 1.49 bits per heavy atom. The Balaban J connectivity index is 3.09. The third kappa shape index (κ3) is 11.8. The highest BCUT2D eigenvalue weighted by Gasteiger charge is 2.31. The summed E-state index contributed by atoms with van der Waals surface area (Å²) >= 11 is 0. The maximum Gasteiger partial charge on any atom is 0.328 e. The number of carboxylic acid groups (broad SMARTS) is 1. The number of aliphatic carboxylic acids is 1. The third-order valence-corrected chi connectivity index (χ3v) is 5.58. The number of aliphatic hydroxyl groups is 1. The number of primary amides is 1. The number of nitrogens with one attached hydrogen (secondary N) is 3. The van der Waals surface area contributed by atoms with Crippen LogP contribution in [0.1, 0.15) is 44.6 Å². The van der Waals surface area contributed by atoms with Gasteiger partial charge < -0.3 is 43.4 Å². The molecule has 206 valence electrons. The van der Waals surface area contributed by atoms with Crippen LogP contribution in [-0.4, -0.2) is 76.6 Å². The molecule has 4 amide bonds. The lowest BCUT2D eigenvalue weighted by Crippen LogP contribution is -2.58. The topological polar surface area (TPSA) is 240 Å². The molecule has 0 aliphatic rings. The molecule has 1 rings (SSSR count). The van der Waals surface area contributed by atoms with Gasteiger partial charge in [-0.05, 0) is 44.7 Å². The number of unbranched alkanes of at least 4 members (excludes halogenated alkanes) is 1. The highest BCUT2D eigenvalue weighted by molar-refractivity contribution is 5.94. The van der Waals surface area contributed by atoms with E-state index in [1.54, 1.807) is 30.3 Å². The predicted octanol–water partition coefficient (Wildman–Crippen LogP) is -2.13. The molecule has 0 aliphatic heterocycles. The van der Waals surface area contributed by atoms with Crippen molar-refractivity contribution in [3.63, 3.8) is 0 Å². The predicted molar refractivity (Wildman–Crippen MR) is 135 cm³/mol. The summed E-state index contributed by atoms with van der Waals surface area (Å²) in [7, 11) is 0. The Hall–Kier alpha value is -3.55. The Labute approximate surface area is 215 Å². The Bertz CT molecular complexity index is 912. The molecule has 0 saturated carbocycles. The van der Waals surface area contributed by atoms with Crippen molar-refractivity contribution in [3.8, 4) is 0 Å². The molecule has 0 saturated heterocycles. The largest absolute Gasteiger partial charge is 0.480 e. The van der Waals surface area contributed by atoms with Crippen molar-refractivity contribution in [2.24, 2.45) is 17.2 Å². The fourth-order valence-electron chi connectivity index (χ4n) is 3.44. The maximum atomic E-state index is 13.3. The van der Waals surface area contributed by atoms with E-state index in [-0.39, 0.29) is 25.7 Å². The lowest BCUT2D eigenvalue weighted by Gasteiger charge is -2.26. The van der Waals surface area contributed by atoms with Crippen LogP contribution in [0.2, 0.25) is 0 Å². The molecule has 11 N–H and O–H groups in total. The van der Waals surface area contributed by atoms with Gasteiger partial charge in [0.15, 0.2) is 6.04 Å². The SMILES string of the molecule is CC(O)C(NC(=O)C(CCCCN)NC(=O)C(Cc1ccccc1)NC(=O)C(N)CCC(N)=O)C(=O)O. The zero-order valence-electron chi connectivity index (χ0n) is 20.9. The minimum Gasteiger partial charge on any atom is -0.480 e. The van der Waals surface area contributed by atoms with Gasteiger partial charge in [-0.25, -0.2) is 4.79 Å². The summed E-state index contributed by atoms with van der Waals surface area (Å²) in [6, 6.07) is 3.86. The third-order valence-electron chi connectivity index (χ3n) is 5.58. The van der Waals surface area contributed by atoms with E-state index in [9.17, 15) is 34.2 Å². The molecule has 13 nitrogen and oxygen atoms in total. The summed E-state index contributed by atoms with van der Waals surface area (Å²) in [4.78, 5) is 61.2. The van der Waals surface area contributed by atoms with Gasteiger partial charge >= 0.3 is 5.97 Å². The molecule has 0 aliphatic carbocycles. The van der Waals surface area contributed by atoms with E-state index in [2.05, 4.69) is 16.0 Å². The molecular weight excluding hydrogens is 484 g/mol. The van der Waals surface area contributed by atoms with Crippen molar-refractivity contribution in [3.05, 3.63) is 35.9 Å². The number of rotatable bonds is 17. The van der Waals surface area contributed by atoms with E-state index in [1.165, 1.54) is 6.92 Å². The van der Waals surface area contributed by atoms with E-state index < -0.39 is 59.9 Å². The summed E-state index contributed by atoms with van der Waals surface area (Å²) in [5.41, 5.74) is 17.2. The Morgan fingerprint density at radius 1 is 0.892 bits per heavy atom. The molecule has 13 heteroatoms. The fraction of sp³-hybridized carbons (Fsp3) is 0.542. The van der Waals surface area contributed by atoms with Crippen LogP contribution in [0.25, 0.3) is 0 Å². The summed E-state index contributed by atoms with van der Waals surface area (Å²) in [5, 5.41) is 26.4. The summed E-state index contributed by atoms with van der Waals surface area (Å²) in [6.07, 6.45) is -0.280. The van der Waals surface area contributed by atoms with Gasteiger partial charge in [0.05, 0.1) is 12.1 Å². The number of aliphatic hydroxyl groups excluding tert-OH is 1. The number of hydrogen-bond donors (Lipinski definition) is 8. The van der Waals surface area contributed by atoms with Gasteiger partial charge in [-0.1, -0.05) is 30.3 Å². The van der Waals surface area contributed by atoms with Crippen LogP contribution >= 0.6 is 0 Å². The lowest BCUT2D eigenvalue weighted by molar-refractivity contribution is -0.145. The first-order valence-electron chi connectivity index (χ1n) is 12.1. The molecule has 0 spiro atoms. The Morgan fingerprint density at radius 3 is 2.03 bits per heavy atom. The normalized spacial score (nSPS) is 14.9. The van der Waals surface area contributed by atoms with Crippen LogP contribution in [-0.2, 0) is 30.4 Å². The van der Waals surface area contributed by atoms with E-state index in [0.717, 1.165) is 5.56 Å². The van der Waals surface area contributed by atoms with Gasteiger partial charge in [-0.15, -0.1) is 0 Å². The van der Waals surface area contributed by atoms with Crippen LogP contribution in [0.3, 0.4) is 0 Å². The molecule has 0 fully saturated rings. The van der Waals surface area contributed by atoms with Crippen LogP contribution in [0.15, 0.2) is 30.3 Å². The maximum absolute atomic E-state index is 13.3. The van der Waals surface area contributed by atoms with Crippen LogP contribution in [0.5, 0.6) is 0 Å². The van der Waals surface area contributed by atoms with Gasteiger partial charge in [-0.3, -0.25) is 19.2 Å². The van der Waals surface area contributed by atoms with Crippen molar-refractivity contribution in [1.82, 2.24) is 16.0 Å². The first-order chi connectivity index (χ1) is 17.5. The average Bonchev–Trinajstić information content (AvgIpc) is 2.84. The number of benzene rings is 1. The number of carbonyl (C=O) groups excluding carboxylic acids is 4. The van der Waals surface area contributed by atoms with Gasteiger partial charge in [-0.2, -0.15) is 0 Å². The van der Waals surface area contributed by atoms with Crippen LogP contribution < -0.4 is 33.2 Å². The average molecular weight is 523 g/mol. The van der Waals surface area contributed by atoms with Crippen molar-refractivity contribution >= 4 is 29.6 Å². The monoisotopic (exact) mass is 522 g/mol. The number of carbonyl (C=O) groups is 5. The molecule has 37 heavy (non-hydrogen) atoms.